The first-order valence-electron chi connectivity index (χ1n) is 31.0. The third-order valence-electron chi connectivity index (χ3n) is 12.6. The van der Waals surface area contributed by atoms with Gasteiger partial charge in [0.05, 0.1) is 48.6 Å². The third kappa shape index (κ3) is 42.0. The molecule has 6 aromatic rings. The molecular formula is C57H59N45O7. The van der Waals surface area contributed by atoms with Gasteiger partial charge in [-0.1, -0.05) is 111 Å². The number of unbranched alkanes of at least 4 members (excludes halogenated alkanes) is 8. The zero-order valence-corrected chi connectivity index (χ0v) is 56.8. The van der Waals surface area contributed by atoms with Gasteiger partial charge in [0.1, 0.15) is 5.75 Å². The second-order valence-electron chi connectivity index (χ2n) is 19.7. The van der Waals surface area contributed by atoms with Crippen molar-refractivity contribution in [1.82, 2.24) is 0 Å². The van der Waals surface area contributed by atoms with Crippen LogP contribution in [0.5, 0.6) is 5.75 Å². The fourth-order valence-electron chi connectivity index (χ4n) is 7.86. The lowest BCUT2D eigenvalue weighted by atomic mass is 10.0. The molecule has 1 heterocycles. The third-order valence-corrected chi connectivity index (χ3v) is 12.6. The summed E-state index contributed by atoms with van der Waals surface area (Å²) in [7, 11) is 0. The second-order valence-corrected chi connectivity index (χ2v) is 19.7. The molecule has 52 nitrogen and oxygen atoms in total. The number of esters is 3. The molecule has 0 radical (unpaired) electrons. The number of hydrogen-bond acceptors (Lipinski definition) is 13. The lowest BCUT2D eigenvalue weighted by molar-refractivity contribution is -0.145. The Hall–Kier alpha value is -16.1. The van der Waals surface area contributed by atoms with E-state index in [1.54, 1.807) is 36.4 Å². The average molecular weight is 1490 g/mol. The molecule has 0 aliphatic carbocycles. The highest BCUT2D eigenvalue weighted by Gasteiger charge is 2.32. The molecule has 0 saturated carbocycles. The standard InChI is InChI=1S/C29H27NO3.C28H27NO4.H2N22.H3N21/c30-20-25-14-16-26-18-24(13-15-27(26)19-25)12-11-23-9-7-22(8-10-23)6-4-2-1-3-5-17-32-29(31)28-21-33-28;1-2-27(30)32-17-7-5-3-4-6-8-21-9-12-23(13-10-21)28(31)33-26-16-15-24-18-22(20-29)11-14-25(24)19-26;1-3-5-7-9-11-13-15-17-19-21-22-20-18-16-14-12-10-8-6-4-2;1-3-5-7-9-11-13-15-17-19-21-20-18-16-14-12-10-8-6-4-2/h7-10,13-16,18-19,28H,1-6,17,21H2;2,9-16,18-19H,1,3-8,17H2;1-2H;(H3,1,2,5,6,9,10,13,14,17,18,21)/b;;3-1?,4-2?,7-5+,8-6+,11-9+,12-10+,15-13+,16-14+,19-17+,20-18+,22-21+;. The van der Waals surface area contributed by atoms with E-state index < -0.39 is 5.97 Å². The van der Waals surface area contributed by atoms with Crippen molar-refractivity contribution in [3.63, 3.8) is 0 Å². The highest BCUT2D eigenvalue weighted by Crippen LogP contribution is 2.24. The molecular weight excluding hydrogens is 1430 g/mol. The zero-order chi connectivity index (χ0) is 77.9. The normalized spacial score (nSPS) is 13.0. The first kappa shape index (κ1) is 85.3. The summed E-state index contributed by atoms with van der Waals surface area (Å²) in [5, 5.41) is 135. The Kier molecular flexibility index (Phi) is 45.0. The van der Waals surface area contributed by atoms with Gasteiger partial charge in [0.2, 0.25) is 0 Å². The fourth-order valence-corrected chi connectivity index (χ4v) is 7.86. The number of nitrogens with zero attached hydrogens (tertiary/aromatic N) is 41. The lowest BCUT2D eigenvalue weighted by Crippen LogP contribution is -2.12. The van der Waals surface area contributed by atoms with Crippen LogP contribution in [0.4, 0.5) is 0 Å². The number of ether oxygens (including phenoxy) is 4. The molecule has 1 saturated heterocycles. The lowest BCUT2D eigenvalue weighted by Gasteiger charge is -2.07. The number of benzene rings is 6. The molecule has 0 aromatic heterocycles. The van der Waals surface area contributed by atoms with Gasteiger partial charge < -0.3 is 24.8 Å². The van der Waals surface area contributed by atoms with E-state index in [1.165, 1.54) is 23.6 Å². The molecule has 1 fully saturated rings. The maximum Gasteiger partial charge on any atom is 0.343 e. The summed E-state index contributed by atoms with van der Waals surface area (Å²) in [5.74, 6) is 10.6. The van der Waals surface area contributed by atoms with Crippen molar-refractivity contribution in [2.45, 2.75) is 83.2 Å². The van der Waals surface area contributed by atoms with Crippen LogP contribution in [0, 0.1) is 51.1 Å². The zero-order valence-electron chi connectivity index (χ0n) is 56.8. The van der Waals surface area contributed by atoms with E-state index >= 15 is 0 Å². The van der Waals surface area contributed by atoms with Crippen molar-refractivity contribution in [2.75, 3.05) is 19.8 Å². The van der Waals surface area contributed by atoms with Crippen LogP contribution in [0.3, 0.4) is 0 Å². The summed E-state index contributed by atoms with van der Waals surface area (Å²) in [6.45, 7) is 4.84. The van der Waals surface area contributed by atoms with Crippen LogP contribution in [0.1, 0.15) is 108 Å². The summed E-state index contributed by atoms with van der Waals surface area (Å²) in [5.41, 5.74) is 24.8. The van der Waals surface area contributed by atoms with Gasteiger partial charge in [0, 0.05) is 53.8 Å². The number of rotatable bonds is 39. The topological polar surface area (TPSA) is 719 Å². The predicted molar refractivity (Wildman–Crippen MR) is 364 cm³/mol. The molecule has 1 aliphatic heterocycles. The summed E-state index contributed by atoms with van der Waals surface area (Å²) in [6, 6.07) is 42.8. The minimum absolute atomic E-state index is 0.212. The summed E-state index contributed by atoms with van der Waals surface area (Å²) in [4.78, 5) is 34.8. The molecule has 0 spiro atoms. The Morgan fingerprint density at radius 3 is 1.12 bits per heavy atom. The molecule has 52 heteroatoms. The van der Waals surface area contributed by atoms with Crippen molar-refractivity contribution in [1.29, 1.82) is 27.1 Å². The number of carbonyl (C=O) groups is 3. The molecule has 7 rings (SSSR count). The Labute approximate surface area is 613 Å². The van der Waals surface area contributed by atoms with E-state index in [1.807, 2.05) is 54.6 Å². The van der Waals surface area contributed by atoms with Gasteiger partial charge >= 0.3 is 17.9 Å². The second kappa shape index (κ2) is 57.5. The van der Waals surface area contributed by atoms with E-state index in [-0.39, 0.29) is 18.0 Å². The van der Waals surface area contributed by atoms with Crippen molar-refractivity contribution in [3.05, 3.63) is 173 Å². The molecule has 5 N–H and O–H groups in total. The predicted octanol–water partition coefficient (Wildman–Crippen LogP) is 19.2. The van der Waals surface area contributed by atoms with Crippen LogP contribution in [0.15, 0.2) is 338 Å². The Morgan fingerprint density at radius 2 is 0.734 bits per heavy atom. The quantitative estimate of drug-likeness (QED) is 0.00325. The molecule has 554 valence electrons. The van der Waals surface area contributed by atoms with Crippen molar-refractivity contribution in [3.8, 4) is 29.7 Å². The Bertz CT molecular complexity index is 4560. The highest BCUT2D eigenvalue weighted by molar-refractivity contribution is 5.92. The molecule has 0 bridgehead atoms. The summed E-state index contributed by atoms with van der Waals surface area (Å²) in [6.07, 6.45) is 13.6. The number of hydrogen-bond donors (Lipinski definition) is 4. The number of nitrogens with two attached hydrogens (primary N) is 1. The van der Waals surface area contributed by atoms with E-state index in [2.05, 4.69) is 270 Å². The molecule has 1 aliphatic rings. The van der Waals surface area contributed by atoms with Gasteiger partial charge in [-0.15, -0.1) is 0 Å². The molecule has 109 heavy (non-hydrogen) atoms. The number of epoxide rings is 1. The molecule has 0 amide bonds. The van der Waals surface area contributed by atoms with Crippen molar-refractivity contribution >= 4 is 39.5 Å². The fraction of sp³-hybridized carbons (Fsp3) is 0.281. The summed E-state index contributed by atoms with van der Waals surface area (Å²) >= 11 is 0. The number of fused-ring (bicyclic) bond motifs is 2. The van der Waals surface area contributed by atoms with Gasteiger partial charge in [-0.2, -0.15) is 27.1 Å². The Balaban J connectivity index is 0.000000314. The van der Waals surface area contributed by atoms with E-state index in [4.69, 9.17) is 46.1 Å². The van der Waals surface area contributed by atoms with Crippen molar-refractivity contribution < 1.29 is 33.3 Å². The molecule has 1 atom stereocenters. The highest BCUT2D eigenvalue weighted by atomic mass is 16.6. The van der Waals surface area contributed by atoms with Crippen LogP contribution in [0.2, 0.25) is 0 Å². The largest absolute Gasteiger partial charge is 0.464 e. The first-order chi connectivity index (χ1) is 53.6. The number of aryl methyl sites for hydroxylation is 2. The van der Waals surface area contributed by atoms with E-state index in [9.17, 15) is 14.4 Å². The maximum atomic E-state index is 12.5. The van der Waals surface area contributed by atoms with Gasteiger partial charge in [0.25, 0.3) is 0 Å². The van der Waals surface area contributed by atoms with E-state index in [0.29, 0.717) is 42.3 Å². The van der Waals surface area contributed by atoms with Crippen molar-refractivity contribution in [2.24, 2.45) is 210 Å². The molecule has 1 unspecified atom stereocenters. The monoisotopic (exact) mass is 1490 g/mol. The van der Waals surface area contributed by atoms with Crippen LogP contribution < -0.4 is 10.6 Å². The number of carbonyl (C=O) groups excluding carboxylic acids is 3. The van der Waals surface area contributed by atoms with Gasteiger partial charge in [-0.25, -0.2) is 14.4 Å². The van der Waals surface area contributed by atoms with Gasteiger partial charge in [-0.05, 0) is 306 Å². The molecule has 6 aromatic carbocycles. The average Bonchev–Trinajstić information content (AvgIpc) is 1.57. The smallest absolute Gasteiger partial charge is 0.343 e. The maximum absolute atomic E-state index is 12.5. The van der Waals surface area contributed by atoms with Gasteiger partial charge in [0.15, 0.2) is 6.10 Å². The minimum Gasteiger partial charge on any atom is -0.464 e. The van der Waals surface area contributed by atoms with Crippen LogP contribution in [0.25, 0.3) is 21.5 Å². The summed E-state index contributed by atoms with van der Waals surface area (Å²) < 4.78 is 20.5. The van der Waals surface area contributed by atoms with Crippen LogP contribution in [-0.2, 0) is 36.6 Å². The first-order valence-corrected chi connectivity index (χ1v) is 31.0. The number of nitriles is 2. The SMILES string of the molecule is C=CC(=O)OCCCCCCCc1ccc(C(=O)Oc2ccc3cc(C#N)ccc3c2)cc1.N#Cc1ccc2cc(C#Cc3ccc(CCCCCCCOC(=O)C4CO4)cc3)ccc2c1.N=N/N=N/N=N/N=N/N=N/N=N/N=N/N=N/N=N/N=N/N.N=N/N=N/N=N/N=N/N=N/N=N/N=N/N=N/N=N/N=N/N=N. The number of nitrogens with one attached hydrogen (secondary N) is 3. The van der Waals surface area contributed by atoms with E-state index in [0.717, 1.165) is 103 Å². The Morgan fingerprint density at radius 1 is 0.413 bits per heavy atom. The van der Waals surface area contributed by atoms with Crippen LogP contribution in [-0.4, -0.2) is 43.8 Å². The van der Waals surface area contributed by atoms with Crippen LogP contribution >= 0.6 is 0 Å². The van der Waals surface area contributed by atoms with Gasteiger partial charge in [-0.3, -0.25) is 0 Å². The minimum atomic E-state index is -0.397.